The Labute approximate surface area is 130 Å². The van der Waals surface area contributed by atoms with Crippen LogP contribution in [0.4, 0.5) is 0 Å². The van der Waals surface area contributed by atoms with E-state index in [1.807, 2.05) is 55.5 Å². The molecule has 0 heterocycles. The summed E-state index contributed by atoms with van der Waals surface area (Å²) in [6.45, 7) is 1.89. The molecule has 0 amide bonds. The molecule has 2 aromatic carbocycles. The third-order valence-electron chi connectivity index (χ3n) is 3.00. The van der Waals surface area contributed by atoms with Gasteiger partial charge in [-0.15, -0.1) is 0 Å². The van der Waals surface area contributed by atoms with E-state index in [4.69, 9.17) is 0 Å². The minimum atomic E-state index is -0.734. The van der Waals surface area contributed by atoms with E-state index in [0.29, 0.717) is 12.8 Å². The van der Waals surface area contributed by atoms with E-state index in [0.717, 1.165) is 20.1 Å². The standard InChI is InChI=1S/C16H16Br2O/c1-16(19,10-12-2-6-14(17)7-3-12)11-13-4-8-15(18)9-5-13/h2-9,19H,10-11H2,1H3. The highest BCUT2D eigenvalue weighted by molar-refractivity contribution is 9.10. The summed E-state index contributed by atoms with van der Waals surface area (Å²) in [5.41, 5.74) is 1.55. The van der Waals surface area contributed by atoms with Crippen molar-refractivity contribution < 1.29 is 5.11 Å². The van der Waals surface area contributed by atoms with Gasteiger partial charge in [0.1, 0.15) is 0 Å². The van der Waals surface area contributed by atoms with E-state index < -0.39 is 5.60 Å². The van der Waals surface area contributed by atoms with E-state index in [1.54, 1.807) is 0 Å². The summed E-state index contributed by atoms with van der Waals surface area (Å²) < 4.78 is 2.12. The molecule has 0 saturated heterocycles. The molecule has 100 valence electrons. The molecule has 0 aliphatic rings. The third kappa shape index (κ3) is 4.75. The quantitative estimate of drug-likeness (QED) is 0.807. The van der Waals surface area contributed by atoms with Gasteiger partial charge in [0.15, 0.2) is 0 Å². The van der Waals surface area contributed by atoms with Gasteiger partial charge in [-0.2, -0.15) is 0 Å². The van der Waals surface area contributed by atoms with E-state index in [9.17, 15) is 5.11 Å². The predicted molar refractivity (Wildman–Crippen MR) is 86.3 cm³/mol. The van der Waals surface area contributed by atoms with Crippen LogP contribution in [0.5, 0.6) is 0 Å². The van der Waals surface area contributed by atoms with Gasteiger partial charge in [-0.25, -0.2) is 0 Å². The Morgan fingerprint density at radius 3 is 1.42 bits per heavy atom. The van der Waals surface area contributed by atoms with Crippen LogP contribution in [0, 0.1) is 0 Å². The second-order valence-corrected chi connectivity index (χ2v) is 6.93. The largest absolute Gasteiger partial charge is 0.389 e. The van der Waals surface area contributed by atoms with Gasteiger partial charge >= 0.3 is 0 Å². The third-order valence-corrected chi connectivity index (χ3v) is 4.05. The molecule has 19 heavy (non-hydrogen) atoms. The smallest absolute Gasteiger partial charge is 0.0700 e. The molecular weight excluding hydrogens is 368 g/mol. The molecule has 0 aliphatic carbocycles. The first kappa shape index (κ1) is 14.8. The van der Waals surface area contributed by atoms with Crippen LogP contribution < -0.4 is 0 Å². The average Bonchev–Trinajstić information content (AvgIpc) is 2.34. The van der Waals surface area contributed by atoms with Crippen molar-refractivity contribution >= 4 is 31.9 Å². The second-order valence-electron chi connectivity index (χ2n) is 5.10. The zero-order chi connectivity index (χ0) is 13.9. The van der Waals surface area contributed by atoms with Crippen LogP contribution >= 0.6 is 31.9 Å². The van der Waals surface area contributed by atoms with Crippen LogP contribution in [0.3, 0.4) is 0 Å². The molecule has 1 N–H and O–H groups in total. The lowest BCUT2D eigenvalue weighted by Crippen LogP contribution is -2.30. The van der Waals surface area contributed by atoms with E-state index in [1.165, 1.54) is 0 Å². The Morgan fingerprint density at radius 1 is 0.789 bits per heavy atom. The van der Waals surface area contributed by atoms with E-state index >= 15 is 0 Å². The Balaban J connectivity index is 2.05. The Morgan fingerprint density at radius 2 is 1.11 bits per heavy atom. The van der Waals surface area contributed by atoms with Crippen molar-refractivity contribution in [3.05, 3.63) is 68.6 Å². The van der Waals surface area contributed by atoms with Crippen LogP contribution in [0.25, 0.3) is 0 Å². The first-order valence-electron chi connectivity index (χ1n) is 6.16. The highest BCUT2D eigenvalue weighted by Crippen LogP contribution is 2.21. The number of aliphatic hydroxyl groups is 1. The maximum Gasteiger partial charge on any atom is 0.0700 e. The van der Waals surface area contributed by atoms with Crippen molar-refractivity contribution in [1.29, 1.82) is 0 Å². The topological polar surface area (TPSA) is 20.2 Å². The van der Waals surface area contributed by atoms with Gasteiger partial charge in [0.05, 0.1) is 5.60 Å². The lowest BCUT2D eigenvalue weighted by Gasteiger charge is -2.23. The second kappa shape index (κ2) is 6.21. The molecule has 0 atom stereocenters. The highest BCUT2D eigenvalue weighted by atomic mass is 79.9. The number of hydrogen-bond donors (Lipinski definition) is 1. The molecule has 0 bridgehead atoms. The molecule has 3 heteroatoms. The summed E-state index contributed by atoms with van der Waals surface area (Å²) in [7, 11) is 0. The number of hydrogen-bond acceptors (Lipinski definition) is 1. The van der Waals surface area contributed by atoms with Gasteiger partial charge in [-0.05, 0) is 42.3 Å². The van der Waals surface area contributed by atoms with Gasteiger partial charge in [-0.1, -0.05) is 56.1 Å². The van der Waals surface area contributed by atoms with Crippen molar-refractivity contribution in [2.45, 2.75) is 25.4 Å². The van der Waals surface area contributed by atoms with Crippen LogP contribution in [0.1, 0.15) is 18.1 Å². The first-order valence-corrected chi connectivity index (χ1v) is 7.74. The van der Waals surface area contributed by atoms with Crippen molar-refractivity contribution in [3.8, 4) is 0 Å². The highest BCUT2D eigenvalue weighted by Gasteiger charge is 2.21. The number of halogens is 2. The predicted octanol–water partition coefficient (Wildman–Crippen LogP) is 4.75. The van der Waals surface area contributed by atoms with Crippen LogP contribution in [-0.2, 0) is 12.8 Å². The Hall–Kier alpha value is -0.640. The molecule has 0 unspecified atom stereocenters. The summed E-state index contributed by atoms with van der Waals surface area (Å²) in [5.74, 6) is 0. The molecule has 1 nitrogen and oxygen atoms in total. The zero-order valence-electron chi connectivity index (χ0n) is 10.7. The van der Waals surface area contributed by atoms with Crippen molar-refractivity contribution in [1.82, 2.24) is 0 Å². The normalized spacial score (nSPS) is 11.6. The molecule has 2 rings (SSSR count). The lowest BCUT2D eigenvalue weighted by molar-refractivity contribution is 0.0608. The van der Waals surface area contributed by atoms with Crippen LogP contribution in [0.15, 0.2) is 57.5 Å². The van der Waals surface area contributed by atoms with Crippen molar-refractivity contribution in [2.75, 3.05) is 0 Å². The van der Waals surface area contributed by atoms with E-state index in [2.05, 4.69) is 31.9 Å². The summed E-state index contributed by atoms with van der Waals surface area (Å²) in [6.07, 6.45) is 1.30. The molecule has 0 spiro atoms. The molecule has 0 aliphatic heterocycles. The Bertz CT molecular complexity index is 480. The molecule has 2 aromatic rings. The summed E-state index contributed by atoms with van der Waals surface area (Å²) >= 11 is 6.84. The summed E-state index contributed by atoms with van der Waals surface area (Å²) in [6, 6.07) is 16.2. The molecule has 0 saturated carbocycles. The van der Waals surface area contributed by atoms with Gasteiger partial charge < -0.3 is 5.11 Å². The number of benzene rings is 2. The Kier molecular flexibility index (Phi) is 4.82. The monoisotopic (exact) mass is 382 g/mol. The average molecular weight is 384 g/mol. The molecule has 0 fully saturated rings. The maximum atomic E-state index is 10.5. The minimum absolute atomic E-state index is 0.649. The lowest BCUT2D eigenvalue weighted by atomic mass is 9.90. The fraction of sp³-hybridized carbons (Fsp3) is 0.250. The van der Waals surface area contributed by atoms with Gasteiger partial charge in [0, 0.05) is 21.8 Å². The minimum Gasteiger partial charge on any atom is -0.389 e. The van der Waals surface area contributed by atoms with Crippen LogP contribution in [0.2, 0.25) is 0 Å². The molecule has 0 aromatic heterocycles. The maximum absolute atomic E-state index is 10.5. The van der Waals surface area contributed by atoms with Crippen molar-refractivity contribution in [2.24, 2.45) is 0 Å². The zero-order valence-corrected chi connectivity index (χ0v) is 13.9. The van der Waals surface area contributed by atoms with E-state index in [-0.39, 0.29) is 0 Å². The van der Waals surface area contributed by atoms with Gasteiger partial charge in [0.25, 0.3) is 0 Å². The summed E-state index contributed by atoms with van der Waals surface area (Å²) in [4.78, 5) is 0. The SMILES string of the molecule is CC(O)(Cc1ccc(Br)cc1)Cc1ccc(Br)cc1. The van der Waals surface area contributed by atoms with Crippen LogP contribution in [-0.4, -0.2) is 10.7 Å². The molecular formula is C16H16Br2O. The first-order chi connectivity index (χ1) is 8.94. The fourth-order valence-electron chi connectivity index (χ4n) is 2.15. The number of rotatable bonds is 4. The van der Waals surface area contributed by atoms with Gasteiger partial charge in [-0.3, -0.25) is 0 Å². The van der Waals surface area contributed by atoms with Crippen molar-refractivity contribution in [3.63, 3.8) is 0 Å². The molecule has 0 radical (unpaired) electrons. The summed E-state index contributed by atoms with van der Waals surface area (Å²) in [5, 5.41) is 10.5. The fourth-order valence-corrected chi connectivity index (χ4v) is 2.68. The van der Waals surface area contributed by atoms with Gasteiger partial charge in [0.2, 0.25) is 0 Å².